The average Bonchev–Trinajstić information content (AvgIpc) is 2.31. The highest BCUT2D eigenvalue weighted by molar-refractivity contribution is 7.88. The van der Waals surface area contributed by atoms with Crippen LogP contribution in [0.25, 0.3) is 0 Å². The summed E-state index contributed by atoms with van der Waals surface area (Å²) in [6, 6.07) is 0. The normalized spacial score (nSPS) is 19.1. The molecule has 1 amide bonds. The van der Waals surface area contributed by atoms with Crippen LogP contribution in [-0.2, 0) is 14.9 Å². The molecule has 122 valence electrons. The van der Waals surface area contributed by atoms with Crippen molar-refractivity contribution in [3.8, 4) is 0 Å². The van der Waals surface area contributed by atoms with Gasteiger partial charge in [0.15, 0.2) is 0 Å². The Labute approximate surface area is 131 Å². The number of carbonyl (C=O) groups excluding carboxylic acids is 1. The second-order valence-corrected chi connectivity index (χ2v) is 7.00. The van der Waals surface area contributed by atoms with Gasteiger partial charge in [-0.25, -0.2) is 9.52 Å². The number of amides is 1. The van der Waals surface area contributed by atoms with Gasteiger partial charge in [0.2, 0.25) is 0 Å². The number of nitrogens with two attached hydrogens (primary N) is 1. The van der Waals surface area contributed by atoms with E-state index in [-0.39, 0.29) is 11.6 Å². The first-order chi connectivity index (χ1) is 9.81. The zero-order valence-corrected chi connectivity index (χ0v) is 13.8. The van der Waals surface area contributed by atoms with Gasteiger partial charge >= 0.3 is 16.3 Å². The number of carbonyl (C=O) groups is 1. The number of hydrogen-bond acceptors (Lipinski definition) is 5. The number of rotatable bonds is 5. The van der Waals surface area contributed by atoms with Crippen molar-refractivity contribution in [3.63, 3.8) is 0 Å². The van der Waals surface area contributed by atoms with E-state index in [1.54, 1.807) is 11.6 Å². The highest BCUT2D eigenvalue weighted by Crippen LogP contribution is 2.27. The SMILES string of the molecule is CCOC(=O)NS(=O)(=O)NC1(C(N)=S)CCCCCCC1. The van der Waals surface area contributed by atoms with Gasteiger partial charge in [-0.1, -0.05) is 44.3 Å². The summed E-state index contributed by atoms with van der Waals surface area (Å²) in [4.78, 5) is 11.4. The molecule has 0 aliphatic heterocycles. The Balaban J connectivity index is 2.85. The molecule has 0 heterocycles. The van der Waals surface area contributed by atoms with Crippen LogP contribution in [0.5, 0.6) is 0 Å². The van der Waals surface area contributed by atoms with Crippen LogP contribution in [0.1, 0.15) is 51.9 Å². The van der Waals surface area contributed by atoms with E-state index in [1.807, 2.05) is 0 Å². The molecular weight excluding hydrogens is 314 g/mol. The van der Waals surface area contributed by atoms with E-state index in [0.29, 0.717) is 12.8 Å². The van der Waals surface area contributed by atoms with Crippen molar-refractivity contribution in [1.82, 2.24) is 9.44 Å². The van der Waals surface area contributed by atoms with E-state index in [1.165, 1.54) is 0 Å². The van der Waals surface area contributed by atoms with Crippen molar-refractivity contribution < 1.29 is 17.9 Å². The smallest absolute Gasteiger partial charge is 0.421 e. The quantitative estimate of drug-likeness (QED) is 0.653. The molecule has 0 atom stereocenters. The maximum Gasteiger partial charge on any atom is 0.421 e. The van der Waals surface area contributed by atoms with Crippen molar-refractivity contribution in [2.75, 3.05) is 6.61 Å². The summed E-state index contributed by atoms with van der Waals surface area (Å²) in [7, 11) is -4.08. The fourth-order valence-corrected chi connectivity index (χ4v) is 3.94. The summed E-state index contributed by atoms with van der Waals surface area (Å²) in [6.07, 6.45) is 4.86. The number of thiocarbonyl (C=S) groups is 1. The summed E-state index contributed by atoms with van der Waals surface area (Å²) >= 11 is 5.07. The molecule has 21 heavy (non-hydrogen) atoms. The molecule has 7 nitrogen and oxygen atoms in total. The summed E-state index contributed by atoms with van der Waals surface area (Å²) in [5.41, 5.74) is 4.80. The van der Waals surface area contributed by atoms with Gasteiger partial charge < -0.3 is 10.5 Å². The van der Waals surface area contributed by atoms with Crippen molar-refractivity contribution in [1.29, 1.82) is 0 Å². The highest BCUT2D eigenvalue weighted by Gasteiger charge is 2.38. The minimum Gasteiger partial charge on any atom is -0.449 e. The van der Waals surface area contributed by atoms with Crippen LogP contribution in [0.15, 0.2) is 0 Å². The molecule has 0 aromatic heterocycles. The molecule has 0 saturated heterocycles. The Kier molecular flexibility index (Phi) is 6.82. The van der Waals surface area contributed by atoms with Crippen LogP contribution >= 0.6 is 12.2 Å². The van der Waals surface area contributed by atoms with Gasteiger partial charge in [0, 0.05) is 0 Å². The molecular formula is C12H23N3O4S2. The molecule has 1 fully saturated rings. The lowest BCUT2D eigenvalue weighted by molar-refractivity contribution is 0.158. The molecule has 0 spiro atoms. The Bertz CT molecular complexity index is 471. The lowest BCUT2D eigenvalue weighted by Gasteiger charge is -2.34. The van der Waals surface area contributed by atoms with Crippen molar-refractivity contribution in [2.24, 2.45) is 5.73 Å². The Hall–Kier alpha value is -0.930. The van der Waals surface area contributed by atoms with Crippen LogP contribution in [-0.4, -0.2) is 31.6 Å². The molecule has 0 radical (unpaired) electrons. The van der Waals surface area contributed by atoms with Gasteiger partial charge in [-0.3, -0.25) is 0 Å². The molecule has 0 bridgehead atoms. The van der Waals surface area contributed by atoms with Crippen molar-refractivity contribution >= 4 is 33.5 Å². The van der Waals surface area contributed by atoms with E-state index < -0.39 is 21.8 Å². The Morgan fingerprint density at radius 1 is 1.24 bits per heavy atom. The predicted molar refractivity (Wildman–Crippen MR) is 84.0 cm³/mol. The Morgan fingerprint density at radius 3 is 2.24 bits per heavy atom. The summed E-state index contributed by atoms with van der Waals surface area (Å²) in [6.45, 7) is 1.67. The number of ether oxygens (including phenoxy) is 1. The summed E-state index contributed by atoms with van der Waals surface area (Å²) < 4.78 is 32.9. The lowest BCUT2D eigenvalue weighted by Crippen LogP contribution is -2.59. The van der Waals surface area contributed by atoms with E-state index in [4.69, 9.17) is 18.0 Å². The molecule has 1 rings (SSSR count). The maximum atomic E-state index is 12.1. The van der Waals surface area contributed by atoms with E-state index in [9.17, 15) is 13.2 Å². The molecule has 9 heteroatoms. The molecule has 1 saturated carbocycles. The fraction of sp³-hybridized carbons (Fsp3) is 0.833. The van der Waals surface area contributed by atoms with Gasteiger partial charge in [0.25, 0.3) is 0 Å². The van der Waals surface area contributed by atoms with Gasteiger partial charge in [-0.05, 0) is 19.8 Å². The first kappa shape index (κ1) is 18.1. The third kappa shape index (κ3) is 5.76. The van der Waals surface area contributed by atoms with Crippen LogP contribution in [0.2, 0.25) is 0 Å². The molecule has 0 aromatic rings. The first-order valence-electron chi connectivity index (χ1n) is 7.10. The zero-order chi connectivity index (χ0) is 15.9. The average molecular weight is 337 g/mol. The van der Waals surface area contributed by atoms with E-state index >= 15 is 0 Å². The number of nitrogens with one attached hydrogen (secondary N) is 2. The van der Waals surface area contributed by atoms with E-state index in [0.717, 1.165) is 32.1 Å². The van der Waals surface area contributed by atoms with Crippen molar-refractivity contribution in [2.45, 2.75) is 57.4 Å². The van der Waals surface area contributed by atoms with Gasteiger partial charge in [-0.2, -0.15) is 13.1 Å². The van der Waals surface area contributed by atoms with Gasteiger partial charge in [0.05, 0.1) is 17.1 Å². The molecule has 1 aliphatic carbocycles. The monoisotopic (exact) mass is 337 g/mol. The van der Waals surface area contributed by atoms with E-state index in [2.05, 4.69) is 9.46 Å². The first-order valence-corrected chi connectivity index (χ1v) is 8.99. The third-order valence-electron chi connectivity index (χ3n) is 3.50. The lowest BCUT2D eigenvalue weighted by atomic mass is 9.85. The maximum absolute atomic E-state index is 12.1. The van der Waals surface area contributed by atoms with Crippen LogP contribution in [0.4, 0.5) is 4.79 Å². The van der Waals surface area contributed by atoms with Gasteiger partial charge in [0.1, 0.15) is 0 Å². The summed E-state index contributed by atoms with van der Waals surface area (Å²) in [5.74, 6) is 0. The third-order valence-corrected chi connectivity index (χ3v) is 4.99. The highest BCUT2D eigenvalue weighted by atomic mass is 32.2. The topological polar surface area (TPSA) is 111 Å². The van der Waals surface area contributed by atoms with Crippen LogP contribution in [0, 0.1) is 0 Å². The standard InChI is InChI=1S/C12H23N3O4S2/c1-2-19-11(16)14-21(17,18)15-12(10(13)20)8-6-4-3-5-7-9-12/h15H,2-9H2,1H3,(H2,13,20)(H,14,16). The van der Waals surface area contributed by atoms with Crippen LogP contribution in [0.3, 0.4) is 0 Å². The second kappa shape index (κ2) is 7.90. The zero-order valence-electron chi connectivity index (χ0n) is 12.2. The minimum absolute atomic E-state index is 0.0851. The molecule has 1 aliphatic rings. The fourth-order valence-electron chi connectivity index (χ4n) is 2.46. The largest absolute Gasteiger partial charge is 0.449 e. The summed E-state index contributed by atoms with van der Waals surface area (Å²) in [5, 5.41) is 0. The molecule has 0 unspecified atom stereocenters. The predicted octanol–water partition coefficient (Wildman–Crippen LogP) is 1.34. The van der Waals surface area contributed by atoms with Crippen molar-refractivity contribution in [3.05, 3.63) is 0 Å². The number of hydrogen-bond donors (Lipinski definition) is 3. The molecule has 0 aromatic carbocycles. The Morgan fingerprint density at radius 2 is 1.76 bits per heavy atom. The van der Waals surface area contributed by atoms with Crippen LogP contribution < -0.4 is 15.2 Å². The van der Waals surface area contributed by atoms with Gasteiger partial charge in [-0.15, -0.1) is 0 Å². The molecule has 4 N–H and O–H groups in total. The second-order valence-electron chi connectivity index (χ2n) is 5.14. The minimum atomic E-state index is -4.08.